The summed E-state index contributed by atoms with van der Waals surface area (Å²) in [6, 6.07) is 7.26. The standard InChI is InChI=1S/C17H24O4/c1-17(2,3)10-11-20-12-13-21-15-7-4-14(5-8-15)6-9-16(18)19/h4-9H,10-13H2,1-3H3,(H,18,19). The predicted molar refractivity (Wildman–Crippen MR) is 83.5 cm³/mol. The molecule has 0 radical (unpaired) electrons. The molecule has 4 heteroatoms. The SMILES string of the molecule is CC(C)(C)CCOCCOc1ccc(C=CC(=O)O)cc1. The van der Waals surface area contributed by atoms with Gasteiger partial charge in [0.05, 0.1) is 6.61 Å². The van der Waals surface area contributed by atoms with E-state index >= 15 is 0 Å². The highest BCUT2D eigenvalue weighted by Gasteiger charge is 2.08. The van der Waals surface area contributed by atoms with E-state index in [0.717, 1.165) is 30.4 Å². The topological polar surface area (TPSA) is 55.8 Å². The quantitative estimate of drug-likeness (QED) is 0.587. The van der Waals surface area contributed by atoms with Gasteiger partial charge in [-0.3, -0.25) is 0 Å². The molecule has 0 atom stereocenters. The van der Waals surface area contributed by atoms with E-state index < -0.39 is 5.97 Å². The largest absolute Gasteiger partial charge is 0.491 e. The van der Waals surface area contributed by atoms with Crippen LogP contribution in [0.15, 0.2) is 30.3 Å². The van der Waals surface area contributed by atoms with E-state index in [4.69, 9.17) is 14.6 Å². The lowest BCUT2D eigenvalue weighted by Gasteiger charge is -2.17. The Balaban J connectivity index is 2.22. The molecule has 21 heavy (non-hydrogen) atoms. The second-order valence-electron chi connectivity index (χ2n) is 6.01. The van der Waals surface area contributed by atoms with E-state index in [0.29, 0.717) is 18.6 Å². The Kier molecular flexibility index (Phi) is 6.96. The molecule has 0 aliphatic rings. The van der Waals surface area contributed by atoms with Gasteiger partial charge in [0.15, 0.2) is 0 Å². The second kappa shape index (κ2) is 8.47. The van der Waals surface area contributed by atoms with Gasteiger partial charge in [0.2, 0.25) is 0 Å². The zero-order valence-corrected chi connectivity index (χ0v) is 13.0. The third kappa shape index (κ3) is 8.87. The van der Waals surface area contributed by atoms with Gasteiger partial charge >= 0.3 is 5.97 Å². The van der Waals surface area contributed by atoms with Gasteiger partial charge in [0, 0.05) is 12.7 Å². The number of rotatable bonds is 8. The second-order valence-corrected chi connectivity index (χ2v) is 6.01. The Hall–Kier alpha value is -1.81. The molecule has 1 rings (SSSR count). The van der Waals surface area contributed by atoms with E-state index in [2.05, 4.69) is 20.8 Å². The summed E-state index contributed by atoms with van der Waals surface area (Å²) in [5, 5.41) is 8.54. The van der Waals surface area contributed by atoms with E-state index in [1.54, 1.807) is 6.08 Å². The number of hydrogen-bond acceptors (Lipinski definition) is 3. The summed E-state index contributed by atoms with van der Waals surface area (Å²) in [5.74, 6) is -0.204. The van der Waals surface area contributed by atoms with Gasteiger partial charge in [-0.1, -0.05) is 32.9 Å². The number of carbonyl (C=O) groups is 1. The summed E-state index contributed by atoms with van der Waals surface area (Å²) in [6.45, 7) is 8.38. The summed E-state index contributed by atoms with van der Waals surface area (Å²) in [7, 11) is 0. The fourth-order valence-electron chi connectivity index (χ4n) is 1.54. The Morgan fingerprint density at radius 3 is 2.38 bits per heavy atom. The van der Waals surface area contributed by atoms with E-state index in [9.17, 15) is 4.79 Å². The van der Waals surface area contributed by atoms with Crippen molar-refractivity contribution in [3.63, 3.8) is 0 Å². The van der Waals surface area contributed by atoms with Crippen LogP contribution in [-0.2, 0) is 9.53 Å². The highest BCUT2D eigenvalue weighted by molar-refractivity contribution is 5.85. The van der Waals surface area contributed by atoms with Crippen LogP contribution < -0.4 is 4.74 Å². The Morgan fingerprint density at radius 2 is 1.81 bits per heavy atom. The number of carboxylic acids is 1. The van der Waals surface area contributed by atoms with Crippen molar-refractivity contribution in [3.8, 4) is 5.75 Å². The average molecular weight is 292 g/mol. The minimum absolute atomic E-state index is 0.292. The van der Waals surface area contributed by atoms with Crippen molar-refractivity contribution in [1.29, 1.82) is 0 Å². The molecule has 4 nitrogen and oxygen atoms in total. The van der Waals surface area contributed by atoms with Crippen LogP contribution in [0.4, 0.5) is 0 Å². The van der Waals surface area contributed by atoms with Gasteiger partial charge in [0.1, 0.15) is 12.4 Å². The zero-order valence-electron chi connectivity index (χ0n) is 13.0. The normalized spacial score (nSPS) is 11.8. The summed E-state index contributed by atoms with van der Waals surface area (Å²) in [6.07, 6.45) is 3.68. The maximum atomic E-state index is 10.4. The number of benzene rings is 1. The molecule has 0 amide bonds. The molecule has 0 fully saturated rings. The molecular formula is C17H24O4. The fraction of sp³-hybridized carbons (Fsp3) is 0.471. The molecule has 0 aromatic heterocycles. The van der Waals surface area contributed by atoms with Gasteiger partial charge in [-0.15, -0.1) is 0 Å². The monoisotopic (exact) mass is 292 g/mol. The lowest BCUT2D eigenvalue weighted by Crippen LogP contribution is -2.12. The van der Waals surface area contributed by atoms with Crippen LogP contribution in [-0.4, -0.2) is 30.9 Å². The molecule has 0 aliphatic carbocycles. The third-order valence-electron chi connectivity index (χ3n) is 2.79. The number of ether oxygens (including phenoxy) is 2. The van der Waals surface area contributed by atoms with Crippen molar-refractivity contribution in [2.75, 3.05) is 19.8 Å². The predicted octanol–water partition coefficient (Wildman–Crippen LogP) is 3.62. The first-order chi connectivity index (χ1) is 9.87. The number of aliphatic carboxylic acids is 1. The molecule has 0 aliphatic heterocycles. The average Bonchev–Trinajstić information content (AvgIpc) is 2.40. The first-order valence-electron chi connectivity index (χ1n) is 7.08. The van der Waals surface area contributed by atoms with Crippen LogP contribution in [0.5, 0.6) is 5.75 Å². The minimum Gasteiger partial charge on any atom is -0.491 e. The molecule has 0 spiro atoms. The molecule has 1 N–H and O–H groups in total. The molecule has 0 bridgehead atoms. The summed E-state index contributed by atoms with van der Waals surface area (Å²) >= 11 is 0. The lowest BCUT2D eigenvalue weighted by atomic mass is 9.93. The fourth-order valence-corrected chi connectivity index (χ4v) is 1.54. The van der Waals surface area contributed by atoms with Crippen molar-refractivity contribution in [3.05, 3.63) is 35.9 Å². The molecule has 0 heterocycles. The molecule has 1 aromatic carbocycles. The first-order valence-corrected chi connectivity index (χ1v) is 7.08. The first kappa shape index (κ1) is 17.2. The van der Waals surface area contributed by atoms with Crippen molar-refractivity contribution >= 4 is 12.0 Å². The van der Waals surface area contributed by atoms with Crippen LogP contribution in [0.25, 0.3) is 6.08 Å². The maximum Gasteiger partial charge on any atom is 0.328 e. The Morgan fingerprint density at radius 1 is 1.14 bits per heavy atom. The van der Waals surface area contributed by atoms with Gasteiger partial charge in [0.25, 0.3) is 0 Å². The van der Waals surface area contributed by atoms with Crippen molar-refractivity contribution in [2.45, 2.75) is 27.2 Å². The van der Waals surface area contributed by atoms with Crippen LogP contribution >= 0.6 is 0 Å². The highest BCUT2D eigenvalue weighted by atomic mass is 16.5. The van der Waals surface area contributed by atoms with Gasteiger partial charge < -0.3 is 14.6 Å². The van der Waals surface area contributed by atoms with E-state index in [1.165, 1.54) is 0 Å². The van der Waals surface area contributed by atoms with Crippen molar-refractivity contribution < 1.29 is 19.4 Å². The van der Waals surface area contributed by atoms with Crippen LogP contribution in [0.2, 0.25) is 0 Å². The van der Waals surface area contributed by atoms with Gasteiger partial charge in [-0.2, -0.15) is 0 Å². The molecular weight excluding hydrogens is 268 g/mol. The Labute approximate surface area is 126 Å². The summed E-state index contributed by atoms with van der Waals surface area (Å²) in [5.41, 5.74) is 1.12. The zero-order chi connectivity index (χ0) is 15.7. The minimum atomic E-state index is -0.956. The summed E-state index contributed by atoms with van der Waals surface area (Å²) in [4.78, 5) is 10.4. The third-order valence-corrected chi connectivity index (χ3v) is 2.79. The van der Waals surface area contributed by atoms with Crippen LogP contribution in [0.3, 0.4) is 0 Å². The van der Waals surface area contributed by atoms with Crippen molar-refractivity contribution in [1.82, 2.24) is 0 Å². The molecule has 116 valence electrons. The molecule has 0 saturated heterocycles. The van der Waals surface area contributed by atoms with E-state index in [1.807, 2.05) is 24.3 Å². The van der Waals surface area contributed by atoms with Gasteiger partial charge in [-0.25, -0.2) is 4.79 Å². The van der Waals surface area contributed by atoms with Gasteiger partial charge in [-0.05, 0) is 35.6 Å². The number of carboxylic acid groups (broad SMARTS) is 1. The maximum absolute atomic E-state index is 10.4. The lowest BCUT2D eigenvalue weighted by molar-refractivity contribution is -0.131. The highest BCUT2D eigenvalue weighted by Crippen LogP contribution is 2.18. The smallest absolute Gasteiger partial charge is 0.328 e. The Bertz CT molecular complexity index is 455. The molecule has 1 aromatic rings. The number of hydrogen-bond donors (Lipinski definition) is 1. The molecule has 0 saturated carbocycles. The summed E-state index contributed by atoms with van der Waals surface area (Å²) < 4.78 is 11.1. The van der Waals surface area contributed by atoms with Crippen LogP contribution in [0.1, 0.15) is 32.8 Å². The van der Waals surface area contributed by atoms with Crippen molar-refractivity contribution in [2.24, 2.45) is 5.41 Å². The molecule has 0 unspecified atom stereocenters. The van der Waals surface area contributed by atoms with E-state index in [-0.39, 0.29) is 0 Å². The van der Waals surface area contributed by atoms with Crippen LogP contribution in [0, 0.1) is 5.41 Å².